The lowest BCUT2D eigenvalue weighted by Gasteiger charge is -2.45. The van der Waals surface area contributed by atoms with E-state index >= 15 is 0 Å². The van der Waals surface area contributed by atoms with E-state index in [0.717, 1.165) is 29.6 Å². The second kappa shape index (κ2) is 6.93. The molecule has 106 valence electrons. The predicted molar refractivity (Wildman–Crippen MR) is 79.7 cm³/mol. The monoisotopic (exact) mass is 251 g/mol. The van der Waals surface area contributed by atoms with Gasteiger partial charge in [0.2, 0.25) is 0 Å². The van der Waals surface area contributed by atoms with Crippen molar-refractivity contribution in [1.82, 2.24) is 5.32 Å². The summed E-state index contributed by atoms with van der Waals surface area (Å²) in [7, 11) is 0. The molecule has 18 heavy (non-hydrogen) atoms. The van der Waals surface area contributed by atoms with Crippen LogP contribution in [0, 0.1) is 29.6 Å². The summed E-state index contributed by atoms with van der Waals surface area (Å²) in [4.78, 5) is 0. The quantitative estimate of drug-likeness (QED) is 0.734. The van der Waals surface area contributed by atoms with Gasteiger partial charge in [-0.3, -0.25) is 0 Å². The van der Waals surface area contributed by atoms with Crippen LogP contribution in [-0.4, -0.2) is 13.1 Å². The number of hydrogen-bond acceptors (Lipinski definition) is 1. The molecule has 4 unspecified atom stereocenters. The highest BCUT2D eigenvalue weighted by Gasteiger charge is 2.38. The minimum Gasteiger partial charge on any atom is -0.316 e. The lowest BCUT2D eigenvalue weighted by molar-refractivity contribution is 0.0617. The van der Waals surface area contributed by atoms with Gasteiger partial charge in [-0.05, 0) is 61.9 Å². The first-order valence-electron chi connectivity index (χ1n) is 8.41. The molecule has 0 aliphatic heterocycles. The Morgan fingerprint density at radius 1 is 1.11 bits per heavy atom. The molecule has 0 radical (unpaired) electrons. The van der Waals surface area contributed by atoms with Crippen LogP contribution < -0.4 is 5.32 Å². The molecule has 0 heterocycles. The van der Waals surface area contributed by atoms with Gasteiger partial charge in [-0.2, -0.15) is 0 Å². The first-order chi connectivity index (χ1) is 8.70. The fraction of sp³-hybridized carbons (Fsp3) is 1.00. The smallest absolute Gasteiger partial charge is 0.00177 e. The lowest BCUT2D eigenvalue weighted by Crippen LogP contribution is -2.41. The first-order valence-corrected chi connectivity index (χ1v) is 8.41. The van der Waals surface area contributed by atoms with Crippen LogP contribution in [-0.2, 0) is 0 Å². The summed E-state index contributed by atoms with van der Waals surface area (Å²) in [6, 6.07) is 0. The maximum absolute atomic E-state index is 3.68. The van der Waals surface area contributed by atoms with Gasteiger partial charge in [0, 0.05) is 0 Å². The Labute approximate surface area is 114 Å². The molecule has 0 spiro atoms. The van der Waals surface area contributed by atoms with Crippen molar-refractivity contribution in [3.05, 3.63) is 0 Å². The first kappa shape index (κ1) is 14.4. The molecule has 0 aromatic rings. The summed E-state index contributed by atoms with van der Waals surface area (Å²) in [6.45, 7) is 9.48. The van der Waals surface area contributed by atoms with E-state index in [0.29, 0.717) is 0 Å². The number of hydrogen-bond donors (Lipinski definition) is 1. The fourth-order valence-corrected chi connectivity index (χ4v) is 4.12. The average molecular weight is 251 g/mol. The summed E-state index contributed by atoms with van der Waals surface area (Å²) in [6.07, 6.45) is 10.5. The summed E-state index contributed by atoms with van der Waals surface area (Å²) < 4.78 is 0. The molecule has 1 N–H and O–H groups in total. The highest BCUT2D eigenvalue weighted by molar-refractivity contribution is 4.89. The van der Waals surface area contributed by atoms with Gasteiger partial charge in [-0.15, -0.1) is 0 Å². The van der Waals surface area contributed by atoms with Gasteiger partial charge in [0.15, 0.2) is 0 Å². The Morgan fingerprint density at radius 2 is 1.94 bits per heavy atom. The van der Waals surface area contributed by atoms with Crippen LogP contribution in [0.4, 0.5) is 0 Å². The molecule has 0 saturated heterocycles. The Balaban J connectivity index is 1.72. The van der Waals surface area contributed by atoms with E-state index in [1.807, 2.05) is 0 Å². The van der Waals surface area contributed by atoms with Crippen molar-refractivity contribution < 1.29 is 0 Å². The third kappa shape index (κ3) is 3.73. The van der Waals surface area contributed by atoms with Crippen molar-refractivity contribution >= 4 is 0 Å². The number of rotatable bonds is 6. The third-order valence-electron chi connectivity index (χ3n) is 5.44. The third-order valence-corrected chi connectivity index (χ3v) is 5.44. The van der Waals surface area contributed by atoms with E-state index < -0.39 is 0 Å². The molecule has 2 saturated carbocycles. The minimum absolute atomic E-state index is 0.794. The second-order valence-electron chi connectivity index (χ2n) is 7.25. The van der Waals surface area contributed by atoms with Crippen molar-refractivity contribution in [2.24, 2.45) is 29.6 Å². The average Bonchev–Trinajstić information content (AvgIpc) is 2.33. The second-order valence-corrected chi connectivity index (χ2v) is 7.25. The standard InChI is InChI=1S/C17H33N/c1-4-14-6-5-7-15(10-14)17-9-8-16(17)12-18-11-13(2)3/h13-18H,4-12H2,1-3H3. The van der Waals surface area contributed by atoms with E-state index in [-0.39, 0.29) is 0 Å². The molecule has 2 rings (SSSR count). The molecule has 1 nitrogen and oxygen atoms in total. The molecule has 0 amide bonds. The zero-order chi connectivity index (χ0) is 13.0. The molecule has 2 fully saturated rings. The summed E-state index contributed by atoms with van der Waals surface area (Å²) >= 11 is 0. The van der Waals surface area contributed by atoms with Crippen molar-refractivity contribution in [3.63, 3.8) is 0 Å². The Bertz CT molecular complexity index is 236. The fourth-order valence-electron chi connectivity index (χ4n) is 4.12. The summed E-state index contributed by atoms with van der Waals surface area (Å²) in [5, 5.41) is 3.68. The maximum atomic E-state index is 3.68. The van der Waals surface area contributed by atoms with Crippen LogP contribution in [0.5, 0.6) is 0 Å². The molecule has 1 heteroatoms. The minimum atomic E-state index is 0.794. The normalized spacial score (nSPS) is 36.7. The van der Waals surface area contributed by atoms with E-state index in [2.05, 4.69) is 26.1 Å². The SMILES string of the molecule is CCC1CCCC(C2CCC2CNCC(C)C)C1. The van der Waals surface area contributed by atoms with Crippen molar-refractivity contribution in [2.45, 2.75) is 65.7 Å². The van der Waals surface area contributed by atoms with E-state index in [9.17, 15) is 0 Å². The molecule has 2 aliphatic carbocycles. The van der Waals surface area contributed by atoms with Crippen LogP contribution in [0.15, 0.2) is 0 Å². The van der Waals surface area contributed by atoms with Crippen LogP contribution in [0.2, 0.25) is 0 Å². The molecule has 4 atom stereocenters. The van der Waals surface area contributed by atoms with Gasteiger partial charge in [0.25, 0.3) is 0 Å². The summed E-state index contributed by atoms with van der Waals surface area (Å²) in [5.41, 5.74) is 0. The van der Waals surface area contributed by atoms with Crippen molar-refractivity contribution in [1.29, 1.82) is 0 Å². The van der Waals surface area contributed by atoms with Gasteiger partial charge in [-0.25, -0.2) is 0 Å². The molecule has 0 aromatic carbocycles. The van der Waals surface area contributed by atoms with Gasteiger partial charge >= 0.3 is 0 Å². The predicted octanol–water partition coefficient (Wildman–Crippen LogP) is 4.47. The van der Waals surface area contributed by atoms with Gasteiger partial charge in [0.05, 0.1) is 0 Å². The molecule has 2 aliphatic rings. The summed E-state index contributed by atoms with van der Waals surface area (Å²) in [5.74, 6) is 4.99. The molecular weight excluding hydrogens is 218 g/mol. The van der Waals surface area contributed by atoms with Crippen LogP contribution in [0.25, 0.3) is 0 Å². The molecule has 0 aromatic heterocycles. The van der Waals surface area contributed by atoms with Crippen LogP contribution in [0.3, 0.4) is 0 Å². The van der Waals surface area contributed by atoms with E-state index in [1.165, 1.54) is 51.6 Å². The zero-order valence-electron chi connectivity index (χ0n) is 12.8. The Hall–Kier alpha value is -0.0400. The van der Waals surface area contributed by atoms with Crippen molar-refractivity contribution in [2.75, 3.05) is 13.1 Å². The van der Waals surface area contributed by atoms with Gasteiger partial charge < -0.3 is 5.32 Å². The highest BCUT2D eigenvalue weighted by Crippen LogP contribution is 2.46. The van der Waals surface area contributed by atoms with Crippen LogP contribution >= 0.6 is 0 Å². The largest absolute Gasteiger partial charge is 0.316 e. The Morgan fingerprint density at radius 3 is 2.56 bits per heavy atom. The van der Waals surface area contributed by atoms with E-state index in [4.69, 9.17) is 0 Å². The highest BCUT2D eigenvalue weighted by atomic mass is 14.9. The lowest BCUT2D eigenvalue weighted by atomic mass is 9.61. The Kier molecular flexibility index (Phi) is 5.54. The van der Waals surface area contributed by atoms with Crippen LogP contribution in [0.1, 0.15) is 65.7 Å². The van der Waals surface area contributed by atoms with Gasteiger partial charge in [-0.1, -0.05) is 46.5 Å². The van der Waals surface area contributed by atoms with E-state index in [1.54, 1.807) is 6.42 Å². The molecular formula is C17H33N. The van der Waals surface area contributed by atoms with Gasteiger partial charge in [0.1, 0.15) is 0 Å². The van der Waals surface area contributed by atoms with Crippen molar-refractivity contribution in [3.8, 4) is 0 Å². The topological polar surface area (TPSA) is 12.0 Å². The molecule has 0 bridgehead atoms. The zero-order valence-corrected chi connectivity index (χ0v) is 12.8. The maximum Gasteiger partial charge on any atom is -0.00177 e. The number of nitrogens with one attached hydrogen (secondary N) is 1.